The lowest BCUT2D eigenvalue weighted by Gasteiger charge is -2.34. The summed E-state index contributed by atoms with van der Waals surface area (Å²) in [5, 5.41) is 0. The van der Waals surface area contributed by atoms with E-state index in [0.717, 1.165) is 24.9 Å². The number of likely N-dealkylation sites (tertiary alicyclic amines) is 1. The predicted octanol–water partition coefficient (Wildman–Crippen LogP) is 1.96. The Morgan fingerprint density at radius 2 is 2.26 bits per heavy atom. The normalized spacial score (nSPS) is 22.6. The molecule has 2 rings (SSSR count). The second-order valence-electron chi connectivity index (χ2n) is 5.47. The van der Waals surface area contributed by atoms with Crippen molar-refractivity contribution in [2.75, 3.05) is 20.2 Å². The first-order valence-electron chi connectivity index (χ1n) is 6.68. The molecule has 2 N–H and O–H groups in total. The molecule has 0 aromatic heterocycles. The van der Waals surface area contributed by atoms with E-state index in [4.69, 9.17) is 10.5 Å². The molecule has 0 bridgehead atoms. The summed E-state index contributed by atoms with van der Waals surface area (Å²) in [6.07, 6.45) is 1.97. The molecule has 1 heterocycles. The molecule has 1 saturated heterocycles. The number of methoxy groups -OCH3 is 1. The summed E-state index contributed by atoms with van der Waals surface area (Å²) in [6, 6.07) is 5.68. The van der Waals surface area contributed by atoms with Crippen molar-refractivity contribution >= 4 is 5.91 Å². The van der Waals surface area contributed by atoms with Crippen LogP contribution in [0, 0.1) is 6.92 Å². The number of ether oxygens (including phenoxy) is 1. The minimum Gasteiger partial charge on any atom is -0.496 e. The van der Waals surface area contributed by atoms with E-state index in [0.29, 0.717) is 17.9 Å². The van der Waals surface area contributed by atoms with Gasteiger partial charge in [-0.3, -0.25) is 4.79 Å². The minimum atomic E-state index is -0.230. The van der Waals surface area contributed by atoms with Gasteiger partial charge in [-0.25, -0.2) is 0 Å². The quantitative estimate of drug-likeness (QED) is 0.906. The molecule has 1 fully saturated rings. The Hall–Kier alpha value is -1.55. The van der Waals surface area contributed by atoms with Gasteiger partial charge in [0.15, 0.2) is 0 Å². The third kappa shape index (κ3) is 2.45. The second-order valence-corrected chi connectivity index (χ2v) is 5.47. The van der Waals surface area contributed by atoms with Gasteiger partial charge in [-0.2, -0.15) is 0 Å². The molecule has 0 radical (unpaired) electrons. The third-order valence-corrected chi connectivity index (χ3v) is 4.02. The molecule has 104 valence electrons. The number of aryl methyl sites for hydroxylation is 1. The summed E-state index contributed by atoms with van der Waals surface area (Å²) in [5.74, 6) is 0.646. The Kier molecular flexibility index (Phi) is 3.80. The van der Waals surface area contributed by atoms with Gasteiger partial charge < -0.3 is 15.4 Å². The second kappa shape index (κ2) is 5.21. The Morgan fingerprint density at radius 3 is 2.89 bits per heavy atom. The van der Waals surface area contributed by atoms with Gasteiger partial charge in [-0.1, -0.05) is 11.6 Å². The highest BCUT2D eigenvalue weighted by Crippen LogP contribution is 2.31. The van der Waals surface area contributed by atoms with Crippen molar-refractivity contribution in [3.63, 3.8) is 0 Å². The first-order chi connectivity index (χ1) is 9.01. The number of hydrogen-bond acceptors (Lipinski definition) is 3. The highest BCUT2D eigenvalue weighted by molar-refractivity contribution is 5.97. The first kappa shape index (κ1) is 13.9. The fourth-order valence-electron chi connectivity index (χ4n) is 2.72. The molecule has 1 aromatic rings. The van der Waals surface area contributed by atoms with Crippen molar-refractivity contribution in [2.24, 2.45) is 5.73 Å². The van der Waals surface area contributed by atoms with Crippen LogP contribution in [0.15, 0.2) is 18.2 Å². The topological polar surface area (TPSA) is 55.6 Å². The molecule has 1 amide bonds. The van der Waals surface area contributed by atoms with Crippen LogP contribution in [-0.4, -0.2) is 36.5 Å². The molecule has 0 aliphatic carbocycles. The average molecular weight is 262 g/mol. The molecule has 4 nitrogen and oxygen atoms in total. The van der Waals surface area contributed by atoms with E-state index in [1.165, 1.54) is 0 Å². The van der Waals surface area contributed by atoms with Crippen LogP contribution in [-0.2, 0) is 0 Å². The molecule has 0 spiro atoms. The van der Waals surface area contributed by atoms with Crippen LogP contribution in [0.4, 0.5) is 0 Å². The number of carbonyl (C=O) groups excluding carboxylic acids is 1. The number of hydrogen-bond donors (Lipinski definition) is 1. The number of nitrogens with two attached hydrogens (primary N) is 1. The summed E-state index contributed by atoms with van der Waals surface area (Å²) in [6.45, 7) is 5.29. The predicted molar refractivity (Wildman–Crippen MR) is 75.5 cm³/mol. The van der Waals surface area contributed by atoms with Gasteiger partial charge in [0.05, 0.1) is 18.2 Å². The van der Waals surface area contributed by atoms with Gasteiger partial charge in [0.2, 0.25) is 0 Å². The summed E-state index contributed by atoms with van der Waals surface area (Å²) < 4.78 is 5.30. The molecule has 1 unspecified atom stereocenters. The molecular formula is C15H22N2O2. The van der Waals surface area contributed by atoms with Gasteiger partial charge in [-0.15, -0.1) is 0 Å². The summed E-state index contributed by atoms with van der Waals surface area (Å²) in [4.78, 5) is 14.6. The summed E-state index contributed by atoms with van der Waals surface area (Å²) >= 11 is 0. The number of nitrogens with zero attached hydrogens (tertiary/aromatic N) is 1. The summed E-state index contributed by atoms with van der Waals surface area (Å²) in [5.41, 5.74) is 7.30. The van der Waals surface area contributed by atoms with E-state index < -0.39 is 0 Å². The van der Waals surface area contributed by atoms with Crippen LogP contribution in [0.5, 0.6) is 5.75 Å². The van der Waals surface area contributed by atoms with E-state index in [1.54, 1.807) is 7.11 Å². The van der Waals surface area contributed by atoms with E-state index in [-0.39, 0.29) is 11.4 Å². The fraction of sp³-hybridized carbons (Fsp3) is 0.533. The zero-order valence-electron chi connectivity index (χ0n) is 11.9. The molecule has 1 aliphatic rings. The van der Waals surface area contributed by atoms with E-state index >= 15 is 0 Å². The maximum Gasteiger partial charge on any atom is 0.258 e. The van der Waals surface area contributed by atoms with Crippen LogP contribution >= 0.6 is 0 Å². The van der Waals surface area contributed by atoms with Crippen LogP contribution in [0.2, 0.25) is 0 Å². The Balaban J connectivity index is 2.36. The van der Waals surface area contributed by atoms with Gasteiger partial charge in [0, 0.05) is 13.1 Å². The lowest BCUT2D eigenvalue weighted by molar-refractivity contribution is 0.0633. The SMILES string of the molecule is COc1ccc(C)cc1C(=O)N1CCCC1(C)CN. The van der Waals surface area contributed by atoms with E-state index in [9.17, 15) is 4.79 Å². The highest BCUT2D eigenvalue weighted by Gasteiger charge is 2.39. The van der Waals surface area contributed by atoms with E-state index in [1.807, 2.05) is 30.0 Å². The van der Waals surface area contributed by atoms with Crippen LogP contribution in [0.25, 0.3) is 0 Å². The van der Waals surface area contributed by atoms with Crippen LogP contribution < -0.4 is 10.5 Å². The van der Waals surface area contributed by atoms with Gasteiger partial charge in [-0.05, 0) is 38.8 Å². The third-order valence-electron chi connectivity index (χ3n) is 4.02. The number of benzene rings is 1. The molecule has 1 aliphatic heterocycles. The van der Waals surface area contributed by atoms with Gasteiger partial charge >= 0.3 is 0 Å². The van der Waals surface area contributed by atoms with E-state index in [2.05, 4.69) is 6.92 Å². The molecule has 4 heteroatoms. The maximum absolute atomic E-state index is 12.7. The number of rotatable bonds is 3. The Labute approximate surface area is 114 Å². The fourth-order valence-corrected chi connectivity index (χ4v) is 2.72. The van der Waals surface area contributed by atoms with Gasteiger partial charge in [0.1, 0.15) is 5.75 Å². The lowest BCUT2D eigenvalue weighted by atomic mass is 9.98. The van der Waals surface area contributed by atoms with Crippen LogP contribution in [0.3, 0.4) is 0 Å². The first-order valence-corrected chi connectivity index (χ1v) is 6.68. The lowest BCUT2D eigenvalue weighted by Crippen LogP contribution is -2.50. The summed E-state index contributed by atoms with van der Waals surface area (Å²) in [7, 11) is 1.59. The number of carbonyl (C=O) groups is 1. The van der Waals surface area contributed by atoms with Crippen molar-refractivity contribution in [2.45, 2.75) is 32.2 Å². The Morgan fingerprint density at radius 1 is 1.53 bits per heavy atom. The standard InChI is InChI=1S/C15H22N2O2/c1-11-5-6-13(19-3)12(9-11)14(18)17-8-4-7-15(17,2)10-16/h5-6,9H,4,7-8,10,16H2,1-3H3. The zero-order chi connectivity index (χ0) is 14.0. The maximum atomic E-state index is 12.7. The average Bonchev–Trinajstić information content (AvgIpc) is 2.80. The largest absolute Gasteiger partial charge is 0.496 e. The number of amides is 1. The molecule has 0 saturated carbocycles. The minimum absolute atomic E-state index is 0.0194. The highest BCUT2D eigenvalue weighted by atomic mass is 16.5. The van der Waals surface area contributed by atoms with Crippen molar-refractivity contribution in [3.8, 4) is 5.75 Å². The van der Waals surface area contributed by atoms with Crippen molar-refractivity contribution < 1.29 is 9.53 Å². The molecule has 1 atom stereocenters. The zero-order valence-corrected chi connectivity index (χ0v) is 11.9. The van der Waals surface area contributed by atoms with Crippen molar-refractivity contribution in [1.29, 1.82) is 0 Å². The molecular weight excluding hydrogens is 240 g/mol. The monoisotopic (exact) mass is 262 g/mol. The van der Waals surface area contributed by atoms with Crippen LogP contribution in [0.1, 0.15) is 35.7 Å². The molecule has 19 heavy (non-hydrogen) atoms. The smallest absolute Gasteiger partial charge is 0.258 e. The Bertz CT molecular complexity index is 487. The van der Waals surface area contributed by atoms with Crippen molar-refractivity contribution in [1.82, 2.24) is 4.90 Å². The van der Waals surface area contributed by atoms with Gasteiger partial charge in [0.25, 0.3) is 5.91 Å². The molecule has 1 aromatic carbocycles. The van der Waals surface area contributed by atoms with Crippen molar-refractivity contribution in [3.05, 3.63) is 29.3 Å².